The van der Waals surface area contributed by atoms with Crippen LogP contribution in [0.5, 0.6) is 0 Å². The van der Waals surface area contributed by atoms with Crippen LogP contribution in [0, 0.1) is 0 Å². The van der Waals surface area contributed by atoms with Crippen LogP contribution in [0.15, 0.2) is 0 Å². The van der Waals surface area contributed by atoms with E-state index in [0.29, 0.717) is 6.54 Å². The maximum absolute atomic E-state index is 11.7. The van der Waals surface area contributed by atoms with Crippen molar-refractivity contribution in [2.24, 2.45) is 0 Å². The lowest BCUT2D eigenvalue weighted by atomic mass is 10.3. The molecule has 0 atom stereocenters. The van der Waals surface area contributed by atoms with Crippen molar-refractivity contribution in [3.63, 3.8) is 0 Å². The highest BCUT2D eigenvalue weighted by Gasteiger charge is 2.12. The Morgan fingerprint density at radius 3 is 1.26 bits per heavy atom. The van der Waals surface area contributed by atoms with E-state index in [1.165, 1.54) is 131 Å². The number of rotatable bonds is 14. The zero-order valence-electron chi connectivity index (χ0n) is 33.4. The topological polar surface area (TPSA) is 29.2 Å². The molecule has 0 aromatic heterocycles. The van der Waals surface area contributed by atoms with Gasteiger partial charge in [0.2, 0.25) is 0 Å². The summed E-state index contributed by atoms with van der Waals surface area (Å²) in [5.74, 6) is 0. The normalized spacial score (nSPS) is 18.5. The summed E-state index contributed by atoms with van der Waals surface area (Å²) in [6.07, 6.45) is 4.14. The van der Waals surface area contributed by atoms with Crippen LogP contribution in [0.1, 0.15) is 53.9 Å². The Morgan fingerprint density at radius 1 is 0.500 bits per heavy atom. The van der Waals surface area contributed by atoms with Gasteiger partial charge in [-0.05, 0) is 114 Å². The summed E-state index contributed by atoms with van der Waals surface area (Å²) in [5.41, 5.74) is 0. The molecule has 3 fully saturated rings. The fraction of sp³-hybridized carbons (Fsp3) is 1.00. The van der Waals surface area contributed by atoms with Crippen molar-refractivity contribution in [1.29, 1.82) is 0 Å². The number of hydrogen-bond acceptors (Lipinski definition) is 9. The summed E-state index contributed by atoms with van der Waals surface area (Å²) in [6, 6.07) is 0. The molecule has 46 heavy (non-hydrogen) atoms. The summed E-state index contributed by atoms with van der Waals surface area (Å²) in [6.45, 7) is 34.5. The van der Waals surface area contributed by atoms with Gasteiger partial charge in [0.25, 0.3) is 0 Å². The van der Waals surface area contributed by atoms with E-state index in [0.717, 1.165) is 13.1 Å². The van der Waals surface area contributed by atoms with Gasteiger partial charge in [-0.25, -0.2) is 4.39 Å². The maximum atomic E-state index is 11.7. The minimum atomic E-state index is -0.246. The zero-order valence-corrected chi connectivity index (χ0v) is 33.4. The third-order valence-corrected chi connectivity index (χ3v) is 8.98. The number of likely N-dealkylation sites (tertiary alicyclic amines) is 1. The third kappa shape index (κ3) is 30.9. The molecule has 0 saturated carbocycles. The van der Waals surface area contributed by atoms with Gasteiger partial charge >= 0.3 is 0 Å². The van der Waals surface area contributed by atoms with Gasteiger partial charge < -0.3 is 44.1 Å². The molecule has 0 bridgehead atoms. The summed E-state index contributed by atoms with van der Waals surface area (Å²) >= 11 is 0. The Bertz CT molecular complexity index is 588. The maximum Gasteiger partial charge on any atom is 0.102 e. The number of hydrogen-bond donors (Lipinski definition) is 0. The first kappa shape index (κ1) is 47.7. The molecule has 0 aromatic rings. The Hall–Kier alpha value is -0.430. The van der Waals surface area contributed by atoms with Gasteiger partial charge in [0.05, 0.1) is 0 Å². The van der Waals surface area contributed by atoms with E-state index in [2.05, 4.69) is 102 Å². The van der Waals surface area contributed by atoms with Gasteiger partial charge in [-0.3, -0.25) is 0 Å². The molecule has 0 unspecified atom stereocenters. The van der Waals surface area contributed by atoms with Gasteiger partial charge in [0.15, 0.2) is 0 Å². The van der Waals surface area contributed by atoms with E-state index in [1.807, 2.05) is 26.0 Å². The highest BCUT2D eigenvalue weighted by atomic mass is 19.1. The van der Waals surface area contributed by atoms with Crippen molar-refractivity contribution in [2.45, 2.75) is 53.9 Å². The largest absolute Gasteiger partial charge is 0.308 e. The zero-order chi connectivity index (χ0) is 35.2. The smallest absolute Gasteiger partial charge is 0.102 e. The standard InChI is InChI=1S/C8H18N2.C8H20N2.C7H17FN2.C7H16N2.C6H13N/c1-3-4-10-7-5-9(2)6-8-10;1-5-10(6-2)8-7-9(3)4;1-9(2)6-7-10(3)5-4-8;1-3-9-6-4-8(2)5-7-9;1-2-7-5-3-4-6-7/h3-8H2,1-2H3;5-8H2,1-4H3;4-7H2,1-3H3;3-7H2,1-2H3;2-6H2,1H3. The van der Waals surface area contributed by atoms with Crippen molar-refractivity contribution >= 4 is 0 Å². The number of likely N-dealkylation sites (N-methyl/N-ethyl adjacent to an activating group) is 7. The molecule has 9 nitrogen and oxygen atoms in total. The molecule has 3 rings (SSSR count). The van der Waals surface area contributed by atoms with Gasteiger partial charge in [0, 0.05) is 85.1 Å². The quantitative estimate of drug-likeness (QED) is 0.278. The van der Waals surface area contributed by atoms with Gasteiger partial charge in [-0.1, -0.05) is 34.6 Å². The van der Waals surface area contributed by atoms with Crippen LogP contribution in [0.4, 0.5) is 4.39 Å². The van der Waals surface area contributed by atoms with E-state index in [-0.39, 0.29) is 6.67 Å². The molecule has 0 aromatic carbocycles. The molecule has 0 spiro atoms. The van der Waals surface area contributed by atoms with E-state index in [9.17, 15) is 4.39 Å². The molecule has 0 radical (unpaired) electrons. The van der Waals surface area contributed by atoms with Crippen LogP contribution < -0.4 is 0 Å². The van der Waals surface area contributed by atoms with E-state index in [4.69, 9.17) is 0 Å². The minimum absolute atomic E-state index is 0.246. The number of nitrogens with zero attached hydrogens (tertiary/aromatic N) is 9. The molecule has 0 amide bonds. The second kappa shape index (κ2) is 33.1. The summed E-state index contributed by atoms with van der Waals surface area (Å²) < 4.78 is 11.7. The molecule has 0 N–H and O–H groups in total. The van der Waals surface area contributed by atoms with Crippen molar-refractivity contribution in [3.05, 3.63) is 0 Å². The van der Waals surface area contributed by atoms with Crippen LogP contribution in [-0.2, 0) is 0 Å². The van der Waals surface area contributed by atoms with Gasteiger partial charge in [0.1, 0.15) is 6.67 Å². The van der Waals surface area contributed by atoms with Crippen LogP contribution in [0.2, 0.25) is 0 Å². The van der Waals surface area contributed by atoms with Crippen LogP contribution >= 0.6 is 0 Å². The molecule has 3 heterocycles. The Morgan fingerprint density at radius 2 is 0.913 bits per heavy atom. The summed E-state index contributed by atoms with van der Waals surface area (Å²) in [7, 11) is 14.6. The van der Waals surface area contributed by atoms with Gasteiger partial charge in [-0.2, -0.15) is 0 Å². The molecule has 3 aliphatic rings. The predicted molar refractivity (Wildman–Crippen MR) is 204 cm³/mol. The van der Waals surface area contributed by atoms with Crippen molar-refractivity contribution < 1.29 is 4.39 Å². The van der Waals surface area contributed by atoms with Crippen LogP contribution in [0.25, 0.3) is 0 Å². The lowest BCUT2D eigenvalue weighted by molar-refractivity contribution is 0.154. The molecule has 280 valence electrons. The Labute approximate surface area is 289 Å². The molecule has 3 saturated heterocycles. The summed E-state index contributed by atoms with van der Waals surface area (Å²) in [4.78, 5) is 21.0. The average molecular weight is 662 g/mol. The Balaban J connectivity index is 0. The fourth-order valence-corrected chi connectivity index (χ4v) is 5.16. The SMILES string of the molecule is CCCN1CCN(C)CC1.CCN(CC)CCN(C)C.CCN1CCCC1.CCN1CCN(C)CC1.CN(C)CCN(C)CCF. The first-order valence-corrected chi connectivity index (χ1v) is 18.8. The minimum Gasteiger partial charge on any atom is -0.308 e. The predicted octanol–water partition coefficient (Wildman–Crippen LogP) is 3.34. The lowest BCUT2D eigenvalue weighted by Gasteiger charge is -2.31. The van der Waals surface area contributed by atoms with Crippen LogP contribution in [0.3, 0.4) is 0 Å². The highest BCUT2D eigenvalue weighted by molar-refractivity contribution is 4.68. The van der Waals surface area contributed by atoms with Crippen molar-refractivity contribution in [3.8, 4) is 0 Å². The third-order valence-electron chi connectivity index (χ3n) is 8.98. The number of halogens is 1. The van der Waals surface area contributed by atoms with Gasteiger partial charge in [-0.15, -0.1) is 0 Å². The molecular formula is C36H84FN9. The Kier molecular flexibility index (Phi) is 34.3. The monoisotopic (exact) mass is 662 g/mol. The van der Waals surface area contributed by atoms with E-state index in [1.54, 1.807) is 0 Å². The van der Waals surface area contributed by atoms with E-state index < -0.39 is 0 Å². The highest BCUT2D eigenvalue weighted by Crippen LogP contribution is 2.05. The summed E-state index contributed by atoms with van der Waals surface area (Å²) in [5, 5.41) is 0. The number of alkyl halides is 1. The molecule has 3 aliphatic heterocycles. The number of piperazine rings is 2. The molecular weight excluding hydrogens is 577 g/mol. The van der Waals surface area contributed by atoms with Crippen molar-refractivity contribution in [1.82, 2.24) is 44.1 Å². The fourth-order valence-electron chi connectivity index (χ4n) is 5.16. The first-order chi connectivity index (χ1) is 21.9. The second-order valence-corrected chi connectivity index (χ2v) is 13.6. The molecule has 0 aliphatic carbocycles. The molecule has 10 heteroatoms. The second-order valence-electron chi connectivity index (χ2n) is 13.6. The van der Waals surface area contributed by atoms with Crippen molar-refractivity contribution in [2.75, 3.05) is 187 Å². The van der Waals surface area contributed by atoms with E-state index >= 15 is 0 Å². The van der Waals surface area contributed by atoms with Crippen LogP contribution in [-0.4, -0.2) is 231 Å². The first-order valence-electron chi connectivity index (χ1n) is 18.8. The lowest BCUT2D eigenvalue weighted by Crippen LogP contribution is -2.44. The average Bonchev–Trinajstić information content (AvgIpc) is 3.58.